The molecule has 0 saturated carbocycles. The second-order valence-electron chi connectivity index (χ2n) is 5.11. The van der Waals surface area contributed by atoms with E-state index in [1.165, 1.54) is 0 Å². The lowest BCUT2D eigenvalue weighted by Gasteiger charge is -2.20. The van der Waals surface area contributed by atoms with Gasteiger partial charge in [0.1, 0.15) is 12.4 Å². The van der Waals surface area contributed by atoms with Gasteiger partial charge in [-0.3, -0.25) is 0 Å². The molecule has 0 aliphatic carbocycles. The maximum atomic E-state index is 10.7. The van der Waals surface area contributed by atoms with Crippen molar-refractivity contribution in [2.75, 3.05) is 6.61 Å². The summed E-state index contributed by atoms with van der Waals surface area (Å²) in [5.41, 5.74) is 2.62. The van der Waals surface area contributed by atoms with E-state index in [9.17, 15) is 5.11 Å². The Morgan fingerprint density at radius 3 is 2.00 bits per heavy atom. The molecule has 2 heteroatoms. The van der Waals surface area contributed by atoms with E-state index in [0.29, 0.717) is 18.8 Å². The van der Waals surface area contributed by atoms with Gasteiger partial charge in [0.15, 0.2) is 0 Å². The zero-order chi connectivity index (χ0) is 16.5. The van der Waals surface area contributed by atoms with Gasteiger partial charge in [-0.1, -0.05) is 79.4 Å². The van der Waals surface area contributed by atoms with E-state index in [0.717, 1.165) is 16.7 Å². The minimum atomic E-state index is -0.685. The van der Waals surface area contributed by atoms with Crippen LogP contribution in [0, 0.1) is 0 Å². The molecule has 2 rings (SSSR count). The van der Waals surface area contributed by atoms with E-state index in [2.05, 4.69) is 13.2 Å². The molecule has 23 heavy (non-hydrogen) atoms. The Kier molecular flexibility index (Phi) is 6.40. The van der Waals surface area contributed by atoms with Gasteiger partial charge in [-0.25, -0.2) is 0 Å². The van der Waals surface area contributed by atoms with Crippen LogP contribution in [-0.4, -0.2) is 17.8 Å². The Hall–Kier alpha value is -2.58. The molecular weight excluding hydrogens is 284 g/mol. The maximum absolute atomic E-state index is 10.7. The number of benzene rings is 2. The Labute approximate surface area is 138 Å². The highest BCUT2D eigenvalue weighted by Gasteiger charge is 2.19. The summed E-state index contributed by atoms with van der Waals surface area (Å²) in [4.78, 5) is 0. The highest BCUT2D eigenvalue weighted by molar-refractivity contribution is 5.89. The first-order valence-corrected chi connectivity index (χ1v) is 7.65. The van der Waals surface area contributed by atoms with Crippen molar-refractivity contribution in [1.82, 2.24) is 0 Å². The van der Waals surface area contributed by atoms with Gasteiger partial charge >= 0.3 is 0 Å². The second kappa shape index (κ2) is 8.76. The van der Waals surface area contributed by atoms with Crippen LogP contribution in [0.1, 0.15) is 17.5 Å². The number of rotatable bonds is 8. The maximum Gasteiger partial charge on any atom is 0.133 e. The fraction of sp³-hybridized carbons (Fsp3) is 0.143. The summed E-state index contributed by atoms with van der Waals surface area (Å²) in [6, 6.07) is 19.6. The van der Waals surface area contributed by atoms with Crippen LogP contribution in [0.3, 0.4) is 0 Å². The average Bonchev–Trinajstić information content (AvgIpc) is 2.60. The van der Waals surface area contributed by atoms with Crippen LogP contribution in [0.25, 0.3) is 11.3 Å². The lowest BCUT2D eigenvalue weighted by molar-refractivity contribution is 0.231. The lowest BCUT2D eigenvalue weighted by Crippen LogP contribution is -2.12. The molecule has 118 valence electrons. The van der Waals surface area contributed by atoms with Crippen LogP contribution < -0.4 is 0 Å². The van der Waals surface area contributed by atoms with Crippen LogP contribution in [-0.2, 0) is 4.74 Å². The van der Waals surface area contributed by atoms with Gasteiger partial charge in [0.05, 0.1) is 6.10 Å². The van der Waals surface area contributed by atoms with Crippen molar-refractivity contribution in [2.45, 2.75) is 12.5 Å². The van der Waals surface area contributed by atoms with E-state index in [4.69, 9.17) is 4.74 Å². The number of aliphatic hydroxyl groups is 1. The van der Waals surface area contributed by atoms with Crippen LogP contribution in [0.4, 0.5) is 0 Å². The minimum Gasteiger partial charge on any atom is -0.489 e. The molecule has 2 aromatic rings. The summed E-state index contributed by atoms with van der Waals surface area (Å²) in [7, 11) is 0. The zero-order valence-corrected chi connectivity index (χ0v) is 13.2. The molecule has 0 saturated heterocycles. The quantitative estimate of drug-likeness (QED) is 0.435. The van der Waals surface area contributed by atoms with Gasteiger partial charge in [-0.2, -0.15) is 0 Å². The normalized spacial score (nSPS) is 12.9. The molecule has 0 aliphatic heterocycles. The predicted octanol–water partition coefficient (Wildman–Crippen LogP) is 4.69. The molecule has 2 aromatic carbocycles. The topological polar surface area (TPSA) is 29.5 Å². The monoisotopic (exact) mass is 306 g/mol. The molecule has 1 atom stereocenters. The molecule has 0 fully saturated rings. The highest BCUT2D eigenvalue weighted by Crippen LogP contribution is 2.31. The SMILES string of the molecule is C=CCO/C(=C(\c1ccccc1)C(O)CC=C)c1ccccc1. The summed E-state index contributed by atoms with van der Waals surface area (Å²) in [5, 5.41) is 10.7. The molecule has 1 N–H and O–H groups in total. The third-order valence-corrected chi connectivity index (χ3v) is 3.43. The summed E-state index contributed by atoms with van der Waals surface area (Å²) < 4.78 is 5.93. The average molecular weight is 306 g/mol. The first-order chi connectivity index (χ1) is 11.3. The predicted molar refractivity (Wildman–Crippen MR) is 96.7 cm³/mol. The summed E-state index contributed by atoms with van der Waals surface area (Å²) in [5.74, 6) is 0.672. The highest BCUT2D eigenvalue weighted by atomic mass is 16.5. The van der Waals surface area contributed by atoms with Crippen molar-refractivity contribution in [1.29, 1.82) is 0 Å². The Morgan fingerprint density at radius 1 is 0.913 bits per heavy atom. The van der Waals surface area contributed by atoms with Crippen LogP contribution >= 0.6 is 0 Å². The van der Waals surface area contributed by atoms with Crippen LogP contribution in [0.15, 0.2) is 86.0 Å². The van der Waals surface area contributed by atoms with Crippen molar-refractivity contribution in [3.8, 4) is 0 Å². The zero-order valence-electron chi connectivity index (χ0n) is 13.2. The first-order valence-electron chi connectivity index (χ1n) is 7.65. The molecule has 0 amide bonds. The Bertz CT molecular complexity index is 657. The van der Waals surface area contributed by atoms with Crippen molar-refractivity contribution in [3.05, 3.63) is 97.1 Å². The van der Waals surface area contributed by atoms with Gasteiger partial charge < -0.3 is 9.84 Å². The first kappa shape index (κ1) is 16.8. The summed E-state index contributed by atoms with van der Waals surface area (Å²) in [6.07, 6.45) is 3.18. The van der Waals surface area contributed by atoms with Crippen LogP contribution in [0.2, 0.25) is 0 Å². The third-order valence-electron chi connectivity index (χ3n) is 3.43. The summed E-state index contributed by atoms with van der Waals surface area (Å²) >= 11 is 0. The van der Waals surface area contributed by atoms with Crippen molar-refractivity contribution in [3.63, 3.8) is 0 Å². The second-order valence-corrected chi connectivity index (χ2v) is 5.11. The van der Waals surface area contributed by atoms with Crippen molar-refractivity contribution in [2.24, 2.45) is 0 Å². The molecule has 0 radical (unpaired) electrons. The Morgan fingerprint density at radius 2 is 1.48 bits per heavy atom. The molecule has 0 aromatic heterocycles. The van der Waals surface area contributed by atoms with E-state index in [-0.39, 0.29) is 0 Å². The molecule has 1 unspecified atom stereocenters. The number of ether oxygens (including phenoxy) is 1. The van der Waals surface area contributed by atoms with Gasteiger partial charge in [0, 0.05) is 11.1 Å². The van der Waals surface area contributed by atoms with Crippen molar-refractivity contribution < 1.29 is 9.84 Å². The molecule has 2 nitrogen and oxygen atoms in total. The molecule has 0 heterocycles. The van der Waals surface area contributed by atoms with Gasteiger partial charge in [0.2, 0.25) is 0 Å². The van der Waals surface area contributed by atoms with E-state index in [1.807, 2.05) is 60.7 Å². The summed E-state index contributed by atoms with van der Waals surface area (Å²) in [6.45, 7) is 7.82. The van der Waals surface area contributed by atoms with Gasteiger partial charge in [-0.05, 0) is 12.0 Å². The largest absolute Gasteiger partial charge is 0.489 e. The van der Waals surface area contributed by atoms with E-state index in [1.54, 1.807) is 12.2 Å². The standard InChI is InChI=1S/C21H22O2/c1-3-11-19(22)20(17-12-7-5-8-13-17)21(23-16-4-2)18-14-9-6-10-15-18/h3-10,12-15,19,22H,1-2,11,16H2/b21-20+. The molecular formula is C21H22O2. The Balaban J connectivity index is 2.62. The molecule has 0 bridgehead atoms. The molecule has 0 spiro atoms. The minimum absolute atomic E-state index is 0.376. The number of hydrogen-bond acceptors (Lipinski definition) is 2. The van der Waals surface area contributed by atoms with Gasteiger partial charge in [0.25, 0.3) is 0 Å². The van der Waals surface area contributed by atoms with E-state index < -0.39 is 6.10 Å². The number of aliphatic hydroxyl groups excluding tert-OH is 1. The fourth-order valence-electron chi connectivity index (χ4n) is 2.42. The van der Waals surface area contributed by atoms with Crippen LogP contribution in [0.5, 0.6) is 0 Å². The lowest BCUT2D eigenvalue weighted by atomic mass is 9.94. The van der Waals surface area contributed by atoms with E-state index >= 15 is 0 Å². The fourth-order valence-corrected chi connectivity index (χ4v) is 2.42. The van der Waals surface area contributed by atoms with Crippen molar-refractivity contribution >= 4 is 11.3 Å². The smallest absolute Gasteiger partial charge is 0.133 e. The third kappa shape index (κ3) is 4.44. The number of hydrogen-bond donors (Lipinski definition) is 1. The molecule has 0 aliphatic rings. The van der Waals surface area contributed by atoms with Gasteiger partial charge in [-0.15, -0.1) is 6.58 Å².